The first-order chi connectivity index (χ1) is 15.5. The predicted molar refractivity (Wildman–Crippen MR) is 126 cm³/mol. The summed E-state index contributed by atoms with van der Waals surface area (Å²) in [6.07, 6.45) is 0. The molecule has 0 aliphatic carbocycles. The van der Waals surface area contributed by atoms with Crippen LogP contribution >= 0.6 is 11.8 Å². The van der Waals surface area contributed by atoms with Crippen LogP contribution in [0.1, 0.15) is 30.0 Å². The van der Waals surface area contributed by atoms with E-state index in [1.165, 1.54) is 18.7 Å². The van der Waals surface area contributed by atoms with Crippen LogP contribution in [0.25, 0.3) is 10.9 Å². The van der Waals surface area contributed by atoms with E-state index in [4.69, 9.17) is 14.7 Å². The van der Waals surface area contributed by atoms with E-state index in [-0.39, 0.29) is 11.7 Å². The van der Waals surface area contributed by atoms with Crippen molar-refractivity contribution in [2.24, 2.45) is 0 Å². The third-order valence-electron chi connectivity index (χ3n) is 5.31. The molecule has 2 heterocycles. The molecule has 1 amide bonds. The minimum absolute atomic E-state index is 0.0873. The van der Waals surface area contributed by atoms with Crippen LogP contribution in [0.15, 0.2) is 53.6 Å². The molecule has 0 bridgehead atoms. The first-order valence-electron chi connectivity index (χ1n) is 10.6. The molecular weight excluding hydrogens is 424 g/mol. The molecule has 1 fully saturated rings. The van der Waals surface area contributed by atoms with Crippen molar-refractivity contribution in [3.05, 3.63) is 59.9 Å². The van der Waals surface area contributed by atoms with Gasteiger partial charge in [0.15, 0.2) is 5.78 Å². The Hall–Kier alpha value is -2.81. The van der Waals surface area contributed by atoms with Gasteiger partial charge in [-0.3, -0.25) is 14.5 Å². The lowest BCUT2D eigenvalue weighted by molar-refractivity contribution is -0.115. The van der Waals surface area contributed by atoms with Crippen molar-refractivity contribution in [2.75, 3.05) is 31.6 Å². The number of carbonyl (C=O) groups excluding carboxylic acids is 2. The lowest BCUT2D eigenvalue weighted by Gasteiger charge is -2.26. The fraction of sp³-hybridized carbons (Fsp3) is 0.333. The van der Waals surface area contributed by atoms with E-state index < -0.39 is 5.25 Å². The summed E-state index contributed by atoms with van der Waals surface area (Å²) in [5.74, 6) is 0.472. The van der Waals surface area contributed by atoms with Gasteiger partial charge in [0.25, 0.3) is 0 Å². The van der Waals surface area contributed by atoms with Gasteiger partial charge in [-0.25, -0.2) is 9.97 Å². The molecule has 0 saturated carbocycles. The van der Waals surface area contributed by atoms with Crippen molar-refractivity contribution in [1.29, 1.82) is 0 Å². The Morgan fingerprint density at radius 1 is 1.09 bits per heavy atom. The molecule has 1 N–H and O–H groups in total. The molecule has 0 spiro atoms. The van der Waals surface area contributed by atoms with Crippen LogP contribution in [0.3, 0.4) is 0 Å². The highest BCUT2D eigenvalue weighted by molar-refractivity contribution is 8.00. The topological polar surface area (TPSA) is 84.4 Å². The van der Waals surface area contributed by atoms with Crippen LogP contribution in [0.4, 0.5) is 5.69 Å². The molecule has 1 unspecified atom stereocenters. The van der Waals surface area contributed by atoms with Crippen molar-refractivity contribution < 1.29 is 14.3 Å². The number of ether oxygens (including phenoxy) is 1. The third-order valence-corrected chi connectivity index (χ3v) is 6.41. The minimum Gasteiger partial charge on any atom is -0.379 e. The summed E-state index contributed by atoms with van der Waals surface area (Å²) in [5.41, 5.74) is 1.89. The normalized spacial score (nSPS) is 15.4. The summed E-state index contributed by atoms with van der Waals surface area (Å²) in [6, 6.07) is 14.9. The Labute approximate surface area is 191 Å². The number of nitrogens with one attached hydrogen (secondary N) is 1. The largest absolute Gasteiger partial charge is 0.379 e. The molecule has 1 saturated heterocycles. The van der Waals surface area contributed by atoms with Crippen molar-refractivity contribution in [3.8, 4) is 0 Å². The van der Waals surface area contributed by atoms with Gasteiger partial charge in [0.05, 0.1) is 36.2 Å². The lowest BCUT2D eigenvalue weighted by Crippen LogP contribution is -2.36. The maximum atomic E-state index is 12.9. The van der Waals surface area contributed by atoms with E-state index in [2.05, 4.69) is 10.2 Å². The molecule has 1 atom stereocenters. The minimum atomic E-state index is -0.412. The summed E-state index contributed by atoms with van der Waals surface area (Å²) in [7, 11) is 0. The Morgan fingerprint density at radius 3 is 2.59 bits per heavy atom. The predicted octanol–water partition coefficient (Wildman–Crippen LogP) is 3.78. The second-order valence-corrected chi connectivity index (χ2v) is 9.03. The number of hydrogen-bond donors (Lipinski definition) is 1. The van der Waals surface area contributed by atoms with Gasteiger partial charge in [0, 0.05) is 24.0 Å². The Kier molecular flexibility index (Phi) is 7.14. The van der Waals surface area contributed by atoms with Crippen molar-refractivity contribution >= 4 is 40.0 Å². The second-order valence-electron chi connectivity index (χ2n) is 7.70. The Bertz CT molecular complexity index is 1130. The summed E-state index contributed by atoms with van der Waals surface area (Å²) in [4.78, 5) is 36.6. The fourth-order valence-electron chi connectivity index (χ4n) is 3.57. The molecule has 4 rings (SSSR count). The highest BCUT2D eigenvalue weighted by Crippen LogP contribution is 2.30. The summed E-state index contributed by atoms with van der Waals surface area (Å²) in [5, 5.41) is 4.18. The Balaban J connectivity index is 1.54. The third kappa shape index (κ3) is 5.32. The molecule has 2 aromatic carbocycles. The van der Waals surface area contributed by atoms with E-state index in [1.807, 2.05) is 31.2 Å². The molecule has 1 aliphatic rings. The average molecular weight is 451 g/mol. The molecule has 166 valence electrons. The number of thioether (sulfide) groups is 1. The van der Waals surface area contributed by atoms with E-state index in [1.54, 1.807) is 24.3 Å². The number of aromatic nitrogens is 2. The number of anilines is 1. The molecule has 1 aliphatic heterocycles. The number of rotatable bonds is 7. The SMILES string of the molecule is CC(=O)c1ccccc1NC(=O)C(C)Sc1nc(CN2CCOCC2)nc2ccccc12. The van der Waals surface area contributed by atoms with Gasteiger partial charge in [-0.15, -0.1) is 0 Å². The number of Topliss-reactive ketones (excluding diaryl/α,β-unsaturated/α-hetero) is 1. The van der Waals surface area contributed by atoms with Crippen LogP contribution in [0, 0.1) is 0 Å². The molecule has 8 heteroatoms. The molecule has 0 radical (unpaired) electrons. The molecule has 1 aromatic heterocycles. The highest BCUT2D eigenvalue weighted by Gasteiger charge is 2.20. The lowest BCUT2D eigenvalue weighted by atomic mass is 10.1. The van der Waals surface area contributed by atoms with E-state index in [0.717, 1.165) is 34.8 Å². The summed E-state index contributed by atoms with van der Waals surface area (Å²) in [6.45, 7) is 7.12. The number of nitrogens with zero attached hydrogens (tertiary/aromatic N) is 3. The van der Waals surface area contributed by atoms with E-state index >= 15 is 0 Å². The van der Waals surface area contributed by atoms with Crippen LogP contribution in [0.5, 0.6) is 0 Å². The van der Waals surface area contributed by atoms with Crippen LogP contribution in [-0.4, -0.2) is 58.1 Å². The molecule has 3 aromatic rings. The van der Waals surface area contributed by atoms with Crippen LogP contribution in [0.2, 0.25) is 0 Å². The van der Waals surface area contributed by atoms with E-state index in [9.17, 15) is 9.59 Å². The number of hydrogen-bond acceptors (Lipinski definition) is 7. The van der Waals surface area contributed by atoms with Gasteiger partial charge in [0.1, 0.15) is 10.9 Å². The quantitative estimate of drug-likeness (QED) is 0.333. The number of morpholine rings is 1. The highest BCUT2D eigenvalue weighted by atomic mass is 32.2. The standard InChI is InChI=1S/C24H26N4O3S/c1-16(29)18-7-3-5-9-20(18)26-23(30)17(2)32-24-19-8-4-6-10-21(19)25-22(27-24)15-28-11-13-31-14-12-28/h3-10,17H,11-15H2,1-2H3,(H,26,30). The maximum absolute atomic E-state index is 12.9. The smallest absolute Gasteiger partial charge is 0.237 e. The zero-order chi connectivity index (χ0) is 22.5. The number of benzene rings is 2. The van der Waals surface area contributed by atoms with Gasteiger partial charge < -0.3 is 10.1 Å². The zero-order valence-corrected chi connectivity index (χ0v) is 19.0. The second kappa shape index (κ2) is 10.2. The number of carbonyl (C=O) groups is 2. The number of amides is 1. The molecule has 7 nitrogen and oxygen atoms in total. The molecular formula is C24H26N4O3S. The zero-order valence-electron chi connectivity index (χ0n) is 18.2. The van der Waals surface area contributed by atoms with Gasteiger partial charge >= 0.3 is 0 Å². The first kappa shape index (κ1) is 22.4. The van der Waals surface area contributed by atoms with Gasteiger partial charge in [-0.2, -0.15) is 0 Å². The van der Waals surface area contributed by atoms with Gasteiger partial charge in [0.2, 0.25) is 5.91 Å². The number of fused-ring (bicyclic) bond motifs is 1. The van der Waals surface area contributed by atoms with Crippen LogP contribution in [-0.2, 0) is 16.1 Å². The van der Waals surface area contributed by atoms with E-state index in [0.29, 0.717) is 31.0 Å². The molecule has 32 heavy (non-hydrogen) atoms. The monoisotopic (exact) mass is 450 g/mol. The first-order valence-corrected chi connectivity index (χ1v) is 11.5. The van der Waals surface area contributed by atoms with Crippen molar-refractivity contribution in [3.63, 3.8) is 0 Å². The van der Waals surface area contributed by atoms with Gasteiger partial charge in [-0.1, -0.05) is 42.1 Å². The maximum Gasteiger partial charge on any atom is 0.237 e. The number of ketones is 1. The van der Waals surface area contributed by atoms with Crippen molar-refractivity contribution in [1.82, 2.24) is 14.9 Å². The summed E-state index contributed by atoms with van der Waals surface area (Å²) < 4.78 is 5.43. The summed E-state index contributed by atoms with van der Waals surface area (Å²) >= 11 is 1.40. The van der Waals surface area contributed by atoms with Crippen LogP contribution < -0.4 is 5.32 Å². The average Bonchev–Trinajstić information content (AvgIpc) is 2.80. The Morgan fingerprint density at radius 2 is 1.81 bits per heavy atom. The fourth-order valence-corrected chi connectivity index (χ4v) is 4.53. The van der Waals surface area contributed by atoms with Crippen molar-refractivity contribution in [2.45, 2.75) is 30.7 Å². The number of para-hydroxylation sites is 2. The van der Waals surface area contributed by atoms with Gasteiger partial charge in [-0.05, 0) is 32.0 Å².